The molecule has 0 saturated carbocycles. The lowest BCUT2D eigenvalue weighted by molar-refractivity contribution is 0.0970. The molecule has 2 aromatic carbocycles. The molecule has 0 unspecified atom stereocenters. The van der Waals surface area contributed by atoms with E-state index in [0.29, 0.717) is 5.56 Å². The molecule has 1 aromatic heterocycles. The van der Waals surface area contributed by atoms with Crippen LogP contribution in [-0.4, -0.2) is 22.0 Å². The van der Waals surface area contributed by atoms with Gasteiger partial charge in [0.15, 0.2) is 5.78 Å². The van der Waals surface area contributed by atoms with Crippen LogP contribution < -0.4 is 10.4 Å². The second-order valence-electron chi connectivity index (χ2n) is 5.69. The van der Waals surface area contributed by atoms with Gasteiger partial charge in [0.25, 0.3) is 0 Å². The lowest BCUT2D eigenvalue weighted by Gasteiger charge is -2.04. The number of hydrogen-bond donors (Lipinski definition) is 1. The van der Waals surface area contributed by atoms with Gasteiger partial charge in [-0.05, 0) is 24.3 Å². The van der Waals surface area contributed by atoms with Crippen molar-refractivity contribution in [1.29, 1.82) is 5.41 Å². The van der Waals surface area contributed by atoms with Crippen LogP contribution in [0.25, 0.3) is 11.3 Å². The summed E-state index contributed by atoms with van der Waals surface area (Å²) < 4.78 is 9.60. The molecule has 0 fully saturated rings. The third-order valence-electron chi connectivity index (χ3n) is 4.07. The van der Waals surface area contributed by atoms with E-state index in [1.165, 1.54) is 0 Å². The predicted molar refractivity (Wildman–Crippen MR) is 99.7 cm³/mol. The molecule has 3 aromatic rings. The van der Waals surface area contributed by atoms with Crippen molar-refractivity contribution in [3.8, 4) is 17.0 Å². The maximum atomic E-state index is 12.5. The van der Waals surface area contributed by atoms with Crippen molar-refractivity contribution < 1.29 is 9.53 Å². The summed E-state index contributed by atoms with van der Waals surface area (Å²) in [6, 6.07) is 14.9. The molecule has 0 atom stereocenters. The molecule has 0 spiro atoms. The summed E-state index contributed by atoms with van der Waals surface area (Å²) in [5.74, 6) is 0.719. The molecule has 0 radical (unpaired) electrons. The summed E-state index contributed by atoms with van der Waals surface area (Å²) in [4.78, 5) is 12.5. The molecule has 0 aliphatic carbocycles. The second-order valence-corrected chi connectivity index (χ2v) is 6.60. The maximum Gasteiger partial charge on any atom is 0.202 e. The molecule has 3 rings (SSSR count). The minimum atomic E-state index is -0.0335. The number of halogens is 1. The van der Waals surface area contributed by atoms with E-state index in [-0.39, 0.29) is 17.9 Å². The SMILES string of the molecule is COc1cccc(-c2cn(CC(=O)c3ccc(Br)cc3)c(=N)n2C)c1. The number of rotatable bonds is 5. The van der Waals surface area contributed by atoms with Gasteiger partial charge in [0.05, 0.1) is 19.3 Å². The van der Waals surface area contributed by atoms with Crippen LogP contribution >= 0.6 is 15.9 Å². The Labute approximate surface area is 154 Å². The molecular formula is C19H18BrN3O2. The Bertz CT molecular complexity index is 971. The maximum absolute atomic E-state index is 12.5. The van der Waals surface area contributed by atoms with E-state index in [2.05, 4.69) is 15.9 Å². The Hall–Kier alpha value is -2.60. The van der Waals surface area contributed by atoms with E-state index in [4.69, 9.17) is 10.1 Å². The first-order valence-electron chi connectivity index (χ1n) is 7.73. The molecule has 128 valence electrons. The van der Waals surface area contributed by atoms with E-state index < -0.39 is 0 Å². The van der Waals surface area contributed by atoms with Crippen LogP contribution in [0.1, 0.15) is 10.4 Å². The van der Waals surface area contributed by atoms with Gasteiger partial charge in [0.2, 0.25) is 5.62 Å². The fraction of sp³-hybridized carbons (Fsp3) is 0.158. The molecule has 0 aliphatic rings. The number of ketones is 1. The monoisotopic (exact) mass is 399 g/mol. The molecule has 6 heteroatoms. The Morgan fingerprint density at radius 1 is 1.20 bits per heavy atom. The molecule has 5 nitrogen and oxygen atoms in total. The molecule has 1 N–H and O–H groups in total. The highest BCUT2D eigenvalue weighted by molar-refractivity contribution is 9.10. The van der Waals surface area contributed by atoms with Crippen molar-refractivity contribution >= 4 is 21.7 Å². The van der Waals surface area contributed by atoms with Gasteiger partial charge in [-0.3, -0.25) is 10.2 Å². The number of carbonyl (C=O) groups excluding carboxylic acids is 1. The van der Waals surface area contributed by atoms with Crippen LogP contribution in [0.15, 0.2) is 59.2 Å². The number of methoxy groups -OCH3 is 1. The van der Waals surface area contributed by atoms with Gasteiger partial charge in [-0.2, -0.15) is 0 Å². The van der Waals surface area contributed by atoms with Gasteiger partial charge >= 0.3 is 0 Å². The quantitative estimate of drug-likeness (QED) is 0.665. The molecule has 1 heterocycles. The lowest BCUT2D eigenvalue weighted by Crippen LogP contribution is -2.25. The van der Waals surface area contributed by atoms with Gasteiger partial charge in [-0.25, -0.2) is 0 Å². The topological polar surface area (TPSA) is 60.0 Å². The van der Waals surface area contributed by atoms with Gasteiger partial charge in [0.1, 0.15) is 5.75 Å². The van der Waals surface area contributed by atoms with E-state index in [1.807, 2.05) is 49.6 Å². The highest BCUT2D eigenvalue weighted by Crippen LogP contribution is 2.22. The molecule has 0 bridgehead atoms. The molecule has 0 amide bonds. The lowest BCUT2D eigenvalue weighted by atomic mass is 10.1. The predicted octanol–water partition coefficient (Wildman–Crippen LogP) is 3.63. The molecular weight excluding hydrogens is 382 g/mol. The third-order valence-corrected chi connectivity index (χ3v) is 4.60. The van der Waals surface area contributed by atoms with Gasteiger partial charge in [0, 0.05) is 28.8 Å². The van der Waals surface area contributed by atoms with E-state index >= 15 is 0 Å². The summed E-state index contributed by atoms with van der Waals surface area (Å²) >= 11 is 3.36. The molecule has 0 saturated heterocycles. The van der Waals surface area contributed by atoms with E-state index in [0.717, 1.165) is 21.5 Å². The average molecular weight is 400 g/mol. The number of nitrogens with one attached hydrogen (secondary N) is 1. The summed E-state index contributed by atoms with van der Waals surface area (Å²) in [7, 11) is 3.44. The zero-order valence-electron chi connectivity index (χ0n) is 14.0. The molecule has 0 aliphatic heterocycles. The van der Waals surface area contributed by atoms with Crippen molar-refractivity contribution in [3.63, 3.8) is 0 Å². The Morgan fingerprint density at radius 2 is 1.92 bits per heavy atom. The standard InChI is InChI=1S/C19H18BrN3O2/c1-22-17(14-4-3-5-16(10-14)25-2)11-23(19(22)21)12-18(24)13-6-8-15(20)9-7-13/h3-11,21H,12H2,1-2H3. The van der Waals surface area contributed by atoms with E-state index in [1.54, 1.807) is 28.4 Å². The average Bonchev–Trinajstić information content (AvgIpc) is 2.90. The van der Waals surface area contributed by atoms with Gasteiger partial charge in [-0.1, -0.05) is 40.2 Å². The number of carbonyl (C=O) groups is 1. The van der Waals surface area contributed by atoms with Crippen LogP contribution in [0, 0.1) is 5.41 Å². The van der Waals surface area contributed by atoms with E-state index in [9.17, 15) is 4.79 Å². The number of nitrogens with zero attached hydrogens (tertiary/aromatic N) is 2. The highest BCUT2D eigenvalue weighted by atomic mass is 79.9. The first-order valence-corrected chi connectivity index (χ1v) is 8.53. The number of imidazole rings is 1. The smallest absolute Gasteiger partial charge is 0.202 e. The van der Waals surface area contributed by atoms with Gasteiger partial charge < -0.3 is 13.9 Å². The highest BCUT2D eigenvalue weighted by Gasteiger charge is 2.12. The van der Waals surface area contributed by atoms with Crippen molar-refractivity contribution in [2.45, 2.75) is 6.54 Å². The van der Waals surface area contributed by atoms with Gasteiger partial charge in [-0.15, -0.1) is 0 Å². The van der Waals surface area contributed by atoms with Crippen molar-refractivity contribution in [3.05, 3.63) is 70.4 Å². The second kappa shape index (κ2) is 7.11. The van der Waals surface area contributed by atoms with Crippen molar-refractivity contribution in [1.82, 2.24) is 9.13 Å². The Balaban J connectivity index is 1.92. The van der Waals surface area contributed by atoms with Crippen molar-refractivity contribution in [2.75, 3.05) is 7.11 Å². The summed E-state index contributed by atoms with van der Waals surface area (Å²) in [5, 5.41) is 8.29. The number of hydrogen-bond acceptors (Lipinski definition) is 3. The first-order chi connectivity index (χ1) is 12.0. The van der Waals surface area contributed by atoms with Crippen molar-refractivity contribution in [2.24, 2.45) is 7.05 Å². The minimum absolute atomic E-state index is 0.0335. The zero-order valence-corrected chi connectivity index (χ0v) is 15.6. The zero-order chi connectivity index (χ0) is 18.0. The van der Waals surface area contributed by atoms with Crippen LogP contribution in [-0.2, 0) is 13.6 Å². The van der Waals surface area contributed by atoms with Crippen LogP contribution in [0.4, 0.5) is 0 Å². The van der Waals surface area contributed by atoms with Crippen LogP contribution in [0.3, 0.4) is 0 Å². The number of Topliss-reactive ketones (excluding diaryl/α,β-unsaturated/α-hetero) is 1. The summed E-state index contributed by atoms with van der Waals surface area (Å²) in [6.45, 7) is 0.123. The minimum Gasteiger partial charge on any atom is -0.497 e. The largest absolute Gasteiger partial charge is 0.497 e. The molecule has 25 heavy (non-hydrogen) atoms. The summed E-state index contributed by atoms with van der Waals surface area (Å²) in [6.07, 6.45) is 1.83. The Kier molecular flexibility index (Phi) is 4.90. The normalized spacial score (nSPS) is 10.7. The fourth-order valence-corrected chi connectivity index (χ4v) is 2.92. The Morgan fingerprint density at radius 3 is 2.60 bits per heavy atom. The third kappa shape index (κ3) is 3.58. The van der Waals surface area contributed by atoms with Crippen LogP contribution in [0.5, 0.6) is 5.75 Å². The van der Waals surface area contributed by atoms with Crippen LogP contribution in [0.2, 0.25) is 0 Å². The number of benzene rings is 2. The number of aromatic nitrogens is 2. The number of ether oxygens (including phenoxy) is 1. The summed E-state index contributed by atoms with van der Waals surface area (Å²) in [5.41, 5.74) is 2.68. The first kappa shape index (κ1) is 17.2. The fourth-order valence-electron chi connectivity index (χ4n) is 2.66.